The lowest BCUT2D eigenvalue weighted by Gasteiger charge is -2.27. The Kier molecular flexibility index (Phi) is 3.70. The van der Waals surface area contributed by atoms with Crippen LogP contribution in [0, 0.1) is 0 Å². The first-order valence-electron chi connectivity index (χ1n) is 22.9. The largest absolute Gasteiger partial charge is 0.456 e. The van der Waals surface area contributed by atoms with Gasteiger partial charge >= 0.3 is 0 Å². The summed E-state index contributed by atoms with van der Waals surface area (Å²) in [7, 11) is 0. The summed E-state index contributed by atoms with van der Waals surface area (Å²) < 4.78 is 148. The molecule has 0 radical (unpaired) electrons. The van der Waals surface area contributed by atoms with Crippen molar-refractivity contribution in [3.63, 3.8) is 0 Å². The normalized spacial score (nSPS) is 16.0. The number of hydrogen-bond donors (Lipinski definition) is 0. The van der Waals surface area contributed by atoms with E-state index < -0.39 is 113 Å². The summed E-state index contributed by atoms with van der Waals surface area (Å²) in [4.78, 5) is 1.20. The number of fused-ring (bicyclic) bond motifs is 8. The molecule has 3 nitrogen and oxygen atoms in total. The van der Waals surface area contributed by atoms with Crippen molar-refractivity contribution in [3.05, 3.63) is 176 Å². The highest BCUT2D eigenvalue weighted by Crippen LogP contribution is 2.45. The van der Waals surface area contributed by atoms with Crippen molar-refractivity contribution < 1.29 is 29.4 Å². The maximum atomic E-state index is 9.68. The molecule has 0 N–H and O–H groups in total. The van der Waals surface area contributed by atoms with Gasteiger partial charge in [0, 0.05) is 32.9 Å². The van der Waals surface area contributed by atoms with Crippen molar-refractivity contribution in [1.29, 1.82) is 0 Å². The van der Waals surface area contributed by atoms with Gasteiger partial charge in [0.2, 0.25) is 0 Å². The van der Waals surface area contributed by atoms with E-state index in [0.717, 1.165) is 10.8 Å². The predicted octanol–water partition coefficient (Wildman–Crippen LogP) is 13.4. The lowest BCUT2D eigenvalue weighted by molar-refractivity contribution is 0.669. The van der Waals surface area contributed by atoms with Crippen molar-refractivity contribution in [2.45, 2.75) is 0 Å². The molecule has 10 rings (SSSR count). The van der Waals surface area contributed by atoms with E-state index >= 15 is 0 Å². The summed E-state index contributed by atoms with van der Waals surface area (Å²) in [5.74, 6) is 0. The van der Waals surface area contributed by atoms with Crippen LogP contribution in [0.5, 0.6) is 0 Å². The zero-order valence-electron chi connectivity index (χ0n) is 40.3. The molecule has 49 heavy (non-hydrogen) atoms. The molecule has 0 aliphatic carbocycles. The Morgan fingerprint density at radius 2 is 1.22 bits per heavy atom. The molecule has 8 aromatic carbocycles. The molecule has 230 valence electrons. The van der Waals surface area contributed by atoms with Crippen molar-refractivity contribution in [2.75, 3.05) is 4.90 Å². The minimum absolute atomic E-state index is 0.0229. The van der Waals surface area contributed by atoms with Crippen LogP contribution in [0.25, 0.3) is 76.9 Å². The summed E-state index contributed by atoms with van der Waals surface area (Å²) in [6.45, 7) is 0. The van der Waals surface area contributed by atoms with Crippen molar-refractivity contribution in [3.8, 4) is 22.3 Å². The first kappa shape index (κ1) is 16.5. The quantitative estimate of drug-likeness (QED) is 0.187. The average molecular weight is 643 g/mol. The third kappa shape index (κ3) is 4.51. The molecule has 0 amide bonds. The van der Waals surface area contributed by atoms with Gasteiger partial charge < -0.3 is 13.7 Å². The summed E-state index contributed by atoms with van der Waals surface area (Å²) in [6.07, 6.45) is 0. The molecule has 0 unspecified atom stereocenters. The number of rotatable bonds is 5. The van der Waals surface area contributed by atoms with Crippen LogP contribution in [-0.4, -0.2) is 0 Å². The molecule has 10 aromatic rings. The van der Waals surface area contributed by atoms with Crippen LogP contribution in [-0.2, 0) is 0 Å². The Bertz CT molecular complexity index is 3670. The first-order chi connectivity index (χ1) is 30.6. The van der Waals surface area contributed by atoms with Gasteiger partial charge in [0.15, 0.2) is 0 Å². The summed E-state index contributed by atoms with van der Waals surface area (Å²) in [6, 6.07) is 15.2. The van der Waals surface area contributed by atoms with Gasteiger partial charge in [-0.05, 0) is 88.1 Å². The minimum atomic E-state index is -0.776. The molecule has 2 heterocycles. The standard InChI is InChI=1S/C46H29NO2/c1-2-10-30(11-3-1)33-13-8-14-36(28-33)47(41-17-9-19-43-45(41)40-27-22-32-12-4-5-15-37(32)46(40)49-43)35-24-20-31(21-25-35)34-23-26-39-38-16-6-7-18-42(38)48-44(39)29-34/h1-29H/i6D,7D,8D,13D,14D,16D,18D,20D,21D,23D,24D,25D,26D,28D,29D. The van der Waals surface area contributed by atoms with E-state index in [0.29, 0.717) is 27.5 Å². The molecule has 0 aliphatic rings. The van der Waals surface area contributed by atoms with Gasteiger partial charge in [-0.25, -0.2) is 0 Å². The van der Waals surface area contributed by atoms with Gasteiger partial charge in [-0.15, -0.1) is 0 Å². The maximum Gasteiger partial charge on any atom is 0.143 e. The van der Waals surface area contributed by atoms with Crippen molar-refractivity contribution >= 4 is 71.7 Å². The number of benzene rings is 8. The number of nitrogens with zero attached hydrogens (tertiary/aromatic N) is 1. The molecule has 0 spiro atoms. The molecule has 0 saturated carbocycles. The topological polar surface area (TPSA) is 29.5 Å². The maximum absolute atomic E-state index is 9.68. The second-order valence-corrected chi connectivity index (χ2v) is 11.3. The Hall–Kier alpha value is -6.58. The lowest BCUT2D eigenvalue weighted by atomic mass is 10.0. The third-order valence-corrected chi connectivity index (χ3v) is 8.47. The van der Waals surface area contributed by atoms with E-state index in [-0.39, 0.29) is 33.3 Å². The summed E-state index contributed by atoms with van der Waals surface area (Å²) >= 11 is 0. The molecule has 0 bridgehead atoms. The van der Waals surface area contributed by atoms with Crippen LogP contribution in [0.2, 0.25) is 0 Å². The fourth-order valence-electron chi connectivity index (χ4n) is 6.23. The van der Waals surface area contributed by atoms with Crippen LogP contribution in [0.3, 0.4) is 0 Å². The van der Waals surface area contributed by atoms with E-state index in [2.05, 4.69) is 0 Å². The number of anilines is 3. The highest BCUT2D eigenvalue weighted by Gasteiger charge is 2.21. The number of hydrogen-bond acceptors (Lipinski definition) is 3. The van der Waals surface area contributed by atoms with Gasteiger partial charge in [0.25, 0.3) is 0 Å². The monoisotopic (exact) mass is 642 g/mol. The Morgan fingerprint density at radius 1 is 0.429 bits per heavy atom. The molecule has 2 aromatic heterocycles. The van der Waals surface area contributed by atoms with E-state index in [1.54, 1.807) is 48.5 Å². The van der Waals surface area contributed by atoms with E-state index in [9.17, 15) is 9.60 Å². The third-order valence-electron chi connectivity index (χ3n) is 8.47. The van der Waals surface area contributed by atoms with Crippen LogP contribution in [0.1, 0.15) is 20.6 Å². The average Bonchev–Trinajstić information content (AvgIpc) is 3.90. The highest BCUT2D eigenvalue weighted by molar-refractivity contribution is 6.19. The lowest BCUT2D eigenvalue weighted by Crippen LogP contribution is -2.10. The van der Waals surface area contributed by atoms with Gasteiger partial charge in [0.1, 0.15) is 22.3 Å². The van der Waals surface area contributed by atoms with Gasteiger partial charge in [0.05, 0.1) is 31.6 Å². The number of furan rings is 2. The van der Waals surface area contributed by atoms with Crippen molar-refractivity contribution in [2.24, 2.45) is 0 Å². The Labute approximate surface area is 303 Å². The fraction of sp³-hybridized carbons (Fsp3) is 0. The second kappa shape index (κ2) is 11.0. The summed E-state index contributed by atoms with van der Waals surface area (Å²) in [5.41, 5.74) is -1.35. The molecule has 0 fully saturated rings. The SMILES string of the molecule is [2H]c1c([2H])c(-c2ccccc2)c([2H])c(N(c2c([2H])c([2H])c(-c3c([2H])c([2H])c4c(oc5c([2H])c([2H])c([2H])c([2H])c54)c3[2H])c([2H])c2[2H])c2cccc3oc4c5ccccc5ccc4c23)c1[2H]. The van der Waals surface area contributed by atoms with Crippen LogP contribution in [0.15, 0.2) is 184 Å². The zero-order valence-corrected chi connectivity index (χ0v) is 25.3. The Balaban J connectivity index is 1.32. The predicted molar refractivity (Wildman–Crippen MR) is 204 cm³/mol. The van der Waals surface area contributed by atoms with Gasteiger partial charge in [-0.3, -0.25) is 0 Å². The van der Waals surface area contributed by atoms with Crippen LogP contribution >= 0.6 is 0 Å². The first-order valence-corrected chi connectivity index (χ1v) is 15.4. The van der Waals surface area contributed by atoms with Gasteiger partial charge in [-0.1, -0.05) is 115 Å². The smallest absolute Gasteiger partial charge is 0.143 e. The zero-order chi connectivity index (χ0) is 45.4. The second-order valence-electron chi connectivity index (χ2n) is 11.3. The molecule has 0 atom stereocenters. The van der Waals surface area contributed by atoms with E-state index in [4.69, 9.17) is 19.8 Å². The van der Waals surface area contributed by atoms with E-state index in [1.165, 1.54) is 4.90 Å². The fourth-order valence-corrected chi connectivity index (χ4v) is 6.23. The number of para-hydroxylation sites is 1. The van der Waals surface area contributed by atoms with Crippen molar-refractivity contribution in [1.82, 2.24) is 0 Å². The Morgan fingerprint density at radius 3 is 2.14 bits per heavy atom. The molecular formula is C46H29NO2. The minimum Gasteiger partial charge on any atom is -0.456 e. The van der Waals surface area contributed by atoms with E-state index in [1.807, 2.05) is 36.4 Å². The molecule has 0 aliphatic heterocycles. The molecular weight excluding hydrogens is 599 g/mol. The van der Waals surface area contributed by atoms with Crippen LogP contribution < -0.4 is 4.90 Å². The highest BCUT2D eigenvalue weighted by atomic mass is 16.3. The van der Waals surface area contributed by atoms with Gasteiger partial charge in [-0.2, -0.15) is 0 Å². The molecule has 3 heteroatoms. The van der Waals surface area contributed by atoms with Crippen LogP contribution in [0.4, 0.5) is 17.1 Å². The molecule has 0 saturated heterocycles. The summed E-state index contributed by atoms with van der Waals surface area (Å²) in [5, 5.41) is 2.16.